The average molecular weight is 345 g/mol. The lowest BCUT2D eigenvalue weighted by molar-refractivity contribution is 0.485. The average Bonchev–Trinajstić information content (AvgIpc) is 2.31. The summed E-state index contributed by atoms with van der Waals surface area (Å²) in [5.74, 6) is 0.0172. The van der Waals surface area contributed by atoms with Gasteiger partial charge in [0.25, 0.3) is 0 Å². The molecule has 0 heterocycles. The molecule has 2 rings (SSSR count). The van der Waals surface area contributed by atoms with Gasteiger partial charge in [-0.3, -0.25) is 0 Å². The molecule has 0 amide bonds. The van der Waals surface area contributed by atoms with Gasteiger partial charge in [0.15, 0.2) is 5.75 Å². The third-order valence-corrected chi connectivity index (χ3v) is 5.04. The molecule has 0 bridgehead atoms. The molecule has 0 radical (unpaired) electrons. The van der Waals surface area contributed by atoms with Crippen LogP contribution in [0.2, 0.25) is 10.0 Å². The van der Waals surface area contributed by atoms with Gasteiger partial charge < -0.3 is 4.18 Å². The van der Waals surface area contributed by atoms with Crippen molar-refractivity contribution in [1.82, 2.24) is 0 Å². The summed E-state index contributed by atoms with van der Waals surface area (Å²) in [6, 6.07) is 8.02. The Labute approximate surface area is 134 Å². The van der Waals surface area contributed by atoms with Gasteiger partial charge in [0, 0.05) is 11.1 Å². The summed E-state index contributed by atoms with van der Waals surface area (Å²) in [6.45, 7) is 5.37. The van der Waals surface area contributed by atoms with Crippen LogP contribution < -0.4 is 4.18 Å². The minimum absolute atomic E-state index is 0.0172. The molecule has 3 nitrogen and oxygen atoms in total. The van der Waals surface area contributed by atoms with Crippen molar-refractivity contribution in [3.05, 3.63) is 57.1 Å². The fourth-order valence-electron chi connectivity index (χ4n) is 2.26. The highest BCUT2D eigenvalue weighted by Gasteiger charge is 2.23. The van der Waals surface area contributed by atoms with Crippen LogP contribution in [0.4, 0.5) is 0 Å². The standard InChI is InChI=1S/C15H14Cl2O3S/c1-9-6-10(2)15(11(3)7-9)21(18,19)20-14-8-12(16)4-5-13(14)17/h4-8H,1-3H3. The second-order valence-corrected chi connectivity index (χ2v) is 7.17. The van der Waals surface area contributed by atoms with Crippen molar-refractivity contribution in [2.24, 2.45) is 0 Å². The number of hydrogen-bond acceptors (Lipinski definition) is 3. The van der Waals surface area contributed by atoms with Crippen LogP contribution in [0.25, 0.3) is 0 Å². The van der Waals surface area contributed by atoms with E-state index in [0.717, 1.165) is 5.56 Å². The second-order valence-electron chi connectivity index (χ2n) is 4.84. The minimum Gasteiger partial charge on any atom is -0.377 e. The number of aryl methyl sites for hydroxylation is 3. The van der Waals surface area contributed by atoms with Crippen LogP contribution >= 0.6 is 23.2 Å². The van der Waals surface area contributed by atoms with Crippen LogP contribution in [0.1, 0.15) is 16.7 Å². The summed E-state index contributed by atoms with van der Waals surface area (Å²) in [5.41, 5.74) is 2.25. The van der Waals surface area contributed by atoms with Crippen molar-refractivity contribution in [2.45, 2.75) is 25.7 Å². The van der Waals surface area contributed by atoms with Gasteiger partial charge in [-0.2, -0.15) is 8.42 Å². The predicted molar refractivity (Wildman–Crippen MR) is 84.9 cm³/mol. The first-order chi connectivity index (χ1) is 9.70. The van der Waals surface area contributed by atoms with Gasteiger partial charge in [-0.1, -0.05) is 40.9 Å². The van der Waals surface area contributed by atoms with Gasteiger partial charge >= 0.3 is 10.1 Å². The molecule has 0 fully saturated rings. The monoisotopic (exact) mass is 344 g/mol. The molecule has 0 spiro atoms. The zero-order valence-corrected chi connectivity index (χ0v) is 14.1. The van der Waals surface area contributed by atoms with E-state index in [0.29, 0.717) is 16.1 Å². The zero-order valence-electron chi connectivity index (χ0n) is 11.8. The molecule has 0 aliphatic carbocycles. The second kappa shape index (κ2) is 5.87. The molecule has 0 atom stereocenters. The molecular weight excluding hydrogens is 331 g/mol. The third-order valence-electron chi connectivity index (χ3n) is 2.95. The van der Waals surface area contributed by atoms with Crippen molar-refractivity contribution < 1.29 is 12.6 Å². The van der Waals surface area contributed by atoms with E-state index >= 15 is 0 Å². The summed E-state index contributed by atoms with van der Waals surface area (Å²) in [4.78, 5) is 0.157. The molecule has 112 valence electrons. The van der Waals surface area contributed by atoms with E-state index in [9.17, 15) is 8.42 Å². The van der Waals surface area contributed by atoms with E-state index in [-0.39, 0.29) is 15.7 Å². The maximum atomic E-state index is 12.5. The smallest absolute Gasteiger partial charge is 0.339 e. The van der Waals surface area contributed by atoms with Crippen molar-refractivity contribution in [3.63, 3.8) is 0 Å². The van der Waals surface area contributed by atoms with Gasteiger partial charge in [-0.25, -0.2) is 0 Å². The molecule has 2 aromatic carbocycles. The Balaban J connectivity index is 2.51. The van der Waals surface area contributed by atoms with E-state index < -0.39 is 10.1 Å². The van der Waals surface area contributed by atoms with E-state index in [1.807, 2.05) is 6.92 Å². The van der Waals surface area contributed by atoms with E-state index in [1.54, 1.807) is 32.0 Å². The molecule has 0 unspecified atom stereocenters. The lowest BCUT2D eigenvalue weighted by Crippen LogP contribution is -2.13. The van der Waals surface area contributed by atoms with Crippen molar-refractivity contribution in [2.75, 3.05) is 0 Å². The van der Waals surface area contributed by atoms with Gasteiger partial charge in [0.05, 0.1) is 5.02 Å². The Morgan fingerprint density at radius 2 is 1.52 bits per heavy atom. The molecular formula is C15H14Cl2O3S. The maximum absolute atomic E-state index is 12.5. The largest absolute Gasteiger partial charge is 0.377 e. The highest BCUT2D eigenvalue weighted by molar-refractivity contribution is 7.87. The van der Waals surface area contributed by atoms with Gasteiger partial charge in [-0.15, -0.1) is 0 Å². The minimum atomic E-state index is -3.97. The summed E-state index contributed by atoms with van der Waals surface area (Å²) >= 11 is 11.8. The maximum Gasteiger partial charge on any atom is 0.339 e. The van der Waals surface area contributed by atoms with Crippen LogP contribution in [0.15, 0.2) is 35.2 Å². The van der Waals surface area contributed by atoms with E-state index in [1.165, 1.54) is 12.1 Å². The Morgan fingerprint density at radius 3 is 2.10 bits per heavy atom. The Kier molecular flexibility index (Phi) is 4.51. The molecule has 0 aliphatic heterocycles. The molecule has 0 N–H and O–H groups in total. The third kappa shape index (κ3) is 3.51. The van der Waals surface area contributed by atoms with Crippen molar-refractivity contribution in [1.29, 1.82) is 0 Å². The van der Waals surface area contributed by atoms with E-state index in [2.05, 4.69) is 0 Å². The highest BCUT2D eigenvalue weighted by atomic mass is 35.5. The zero-order chi connectivity index (χ0) is 15.8. The van der Waals surface area contributed by atoms with E-state index in [4.69, 9.17) is 27.4 Å². The van der Waals surface area contributed by atoms with Crippen molar-refractivity contribution in [3.8, 4) is 5.75 Å². The molecule has 0 saturated heterocycles. The summed E-state index contributed by atoms with van der Waals surface area (Å²) in [5, 5.41) is 0.535. The SMILES string of the molecule is Cc1cc(C)c(S(=O)(=O)Oc2cc(Cl)ccc2Cl)c(C)c1. The van der Waals surface area contributed by atoms with Gasteiger partial charge in [0.1, 0.15) is 4.90 Å². The van der Waals surface area contributed by atoms with Crippen molar-refractivity contribution >= 4 is 33.3 Å². The first-order valence-electron chi connectivity index (χ1n) is 6.18. The summed E-state index contributed by atoms with van der Waals surface area (Å²) < 4.78 is 30.1. The molecule has 0 saturated carbocycles. The lowest BCUT2D eigenvalue weighted by Gasteiger charge is -2.13. The van der Waals surface area contributed by atoms with Crippen LogP contribution in [0.5, 0.6) is 5.75 Å². The van der Waals surface area contributed by atoms with Crippen LogP contribution in [0, 0.1) is 20.8 Å². The van der Waals surface area contributed by atoms with Gasteiger partial charge in [-0.05, 0) is 44.0 Å². The quantitative estimate of drug-likeness (QED) is 0.758. The number of rotatable bonds is 3. The summed E-state index contributed by atoms with van der Waals surface area (Å²) in [6.07, 6.45) is 0. The van der Waals surface area contributed by atoms with Gasteiger partial charge in [0.2, 0.25) is 0 Å². The number of halogens is 2. The Hall–Kier alpha value is -1.23. The molecule has 21 heavy (non-hydrogen) atoms. The molecule has 6 heteroatoms. The van der Waals surface area contributed by atoms with Crippen LogP contribution in [-0.2, 0) is 10.1 Å². The first-order valence-corrected chi connectivity index (χ1v) is 8.34. The normalized spacial score (nSPS) is 11.5. The number of hydrogen-bond donors (Lipinski definition) is 0. The first kappa shape index (κ1) is 16.1. The predicted octanol–water partition coefficient (Wildman–Crippen LogP) is 4.69. The molecule has 2 aromatic rings. The Morgan fingerprint density at radius 1 is 0.952 bits per heavy atom. The van der Waals surface area contributed by atoms with Crippen LogP contribution in [0.3, 0.4) is 0 Å². The van der Waals surface area contributed by atoms with Crippen LogP contribution in [-0.4, -0.2) is 8.42 Å². The lowest BCUT2D eigenvalue weighted by atomic mass is 10.1. The highest BCUT2D eigenvalue weighted by Crippen LogP contribution is 2.32. The Bertz CT molecular complexity index is 776. The topological polar surface area (TPSA) is 43.4 Å². The molecule has 0 aliphatic rings. The number of benzene rings is 2. The summed E-state index contributed by atoms with van der Waals surface area (Å²) in [7, 11) is -3.97. The fourth-order valence-corrected chi connectivity index (χ4v) is 3.99. The molecule has 0 aromatic heterocycles. The fraction of sp³-hybridized carbons (Fsp3) is 0.200.